The molecule has 0 fully saturated rings. The minimum absolute atomic E-state index is 0.495. The minimum Gasteiger partial charge on any atom is -0.334 e. The average Bonchev–Trinajstić information content (AvgIpc) is 2.60. The lowest BCUT2D eigenvalue weighted by atomic mass is 9.96. The molecule has 0 aliphatic heterocycles. The molecule has 92 valence electrons. The summed E-state index contributed by atoms with van der Waals surface area (Å²) in [7, 11) is 1.99. The standard InChI is InChI=1S/C13H18ClN3/c1-5-9(6-2)10-7-17(4)13-11(10)15-8(3)12(14)16-13/h7,9H,5-6H2,1-4H3. The summed E-state index contributed by atoms with van der Waals surface area (Å²) in [6.07, 6.45) is 4.38. The number of aryl methyl sites for hydroxylation is 2. The summed E-state index contributed by atoms with van der Waals surface area (Å²) in [5.41, 5.74) is 3.97. The van der Waals surface area contributed by atoms with Crippen LogP contribution in [0.5, 0.6) is 0 Å². The van der Waals surface area contributed by atoms with Crippen molar-refractivity contribution in [1.29, 1.82) is 0 Å². The molecule has 2 aromatic rings. The van der Waals surface area contributed by atoms with Crippen molar-refractivity contribution >= 4 is 22.8 Å². The average molecular weight is 252 g/mol. The lowest BCUT2D eigenvalue weighted by Crippen LogP contribution is -1.96. The molecule has 4 heteroatoms. The molecular formula is C13H18ClN3. The first-order chi connectivity index (χ1) is 8.08. The Hall–Kier alpha value is -1.09. The molecule has 3 nitrogen and oxygen atoms in total. The molecule has 17 heavy (non-hydrogen) atoms. The van der Waals surface area contributed by atoms with E-state index in [0.29, 0.717) is 11.1 Å². The van der Waals surface area contributed by atoms with Gasteiger partial charge in [0.15, 0.2) is 10.8 Å². The Kier molecular flexibility index (Phi) is 3.38. The van der Waals surface area contributed by atoms with Crippen molar-refractivity contribution in [2.75, 3.05) is 0 Å². The van der Waals surface area contributed by atoms with Crippen LogP contribution in [0, 0.1) is 6.92 Å². The van der Waals surface area contributed by atoms with E-state index < -0.39 is 0 Å². The topological polar surface area (TPSA) is 30.7 Å². The molecule has 0 aromatic carbocycles. The van der Waals surface area contributed by atoms with E-state index >= 15 is 0 Å². The Morgan fingerprint density at radius 2 is 1.94 bits per heavy atom. The van der Waals surface area contributed by atoms with Crippen molar-refractivity contribution in [1.82, 2.24) is 14.5 Å². The van der Waals surface area contributed by atoms with Gasteiger partial charge in [-0.25, -0.2) is 9.97 Å². The van der Waals surface area contributed by atoms with Crippen molar-refractivity contribution in [3.63, 3.8) is 0 Å². The molecule has 2 heterocycles. The quantitative estimate of drug-likeness (QED) is 0.830. The van der Waals surface area contributed by atoms with Crippen molar-refractivity contribution in [3.05, 3.63) is 22.6 Å². The highest BCUT2D eigenvalue weighted by Crippen LogP contribution is 2.30. The molecule has 0 aliphatic rings. The molecular weight excluding hydrogens is 234 g/mol. The number of rotatable bonds is 3. The number of hydrogen-bond donors (Lipinski definition) is 0. The van der Waals surface area contributed by atoms with Gasteiger partial charge in [0.25, 0.3) is 0 Å². The summed E-state index contributed by atoms with van der Waals surface area (Å²) >= 11 is 6.03. The van der Waals surface area contributed by atoms with Crippen LogP contribution in [0.1, 0.15) is 43.9 Å². The van der Waals surface area contributed by atoms with Gasteiger partial charge in [0.1, 0.15) is 5.52 Å². The van der Waals surface area contributed by atoms with E-state index in [-0.39, 0.29) is 0 Å². The molecule has 0 radical (unpaired) electrons. The fourth-order valence-corrected chi connectivity index (χ4v) is 2.41. The molecule has 0 aliphatic carbocycles. The van der Waals surface area contributed by atoms with Crippen LogP contribution in [-0.2, 0) is 7.05 Å². The molecule has 0 unspecified atom stereocenters. The highest BCUT2D eigenvalue weighted by molar-refractivity contribution is 6.30. The van der Waals surface area contributed by atoms with Crippen molar-refractivity contribution in [2.24, 2.45) is 7.05 Å². The lowest BCUT2D eigenvalue weighted by molar-refractivity contribution is 0.643. The molecule has 0 N–H and O–H groups in total. The zero-order valence-electron chi connectivity index (χ0n) is 10.8. The van der Waals surface area contributed by atoms with Crippen LogP contribution in [0.3, 0.4) is 0 Å². The van der Waals surface area contributed by atoms with Crippen LogP contribution in [0.4, 0.5) is 0 Å². The summed E-state index contributed by atoms with van der Waals surface area (Å²) < 4.78 is 2.02. The van der Waals surface area contributed by atoms with Crippen molar-refractivity contribution in [3.8, 4) is 0 Å². The fourth-order valence-electron chi connectivity index (χ4n) is 2.29. The zero-order valence-corrected chi connectivity index (χ0v) is 11.5. The van der Waals surface area contributed by atoms with Gasteiger partial charge in [-0.15, -0.1) is 0 Å². The predicted molar refractivity (Wildman–Crippen MR) is 71.6 cm³/mol. The number of aromatic nitrogens is 3. The first kappa shape index (κ1) is 12.4. The maximum absolute atomic E-state index is 6.03. The normalized spacial score (nSPS) is 11.6. The Bertz CT molecular complexity index is 541. The van der Waals surface area contributed by atoms with Gasteiger partial charge in [-0.05, 0) is 25.7 Å². The Morgan fingerprint density at radius 1 is 1.29 bits per heavy atom. The highest BCUT2D eigenvalue weighted by Gasteiger charge is 2.17. The van der Waals surface area contributed by atoms with Crippen LogP contribution >= 0.6 is 11.6 Å². The lowest BCUT2D eigenvalue weighted by Gasteiger charge is -2.10. The summed E-state index contributed by atoms with van der Waals surface area (Å²) in [6, 6.07) is 0. The first-order valence-electron chi connectivity index (χ1n) is 6.07. The minimum atomic E-state index is 0.495. The molecule has 0 saturated carbocycles. The van der Waals surface area contributed by atoms with Crippen LogP contribution in [0.2, 0.25) is 5.15 Å². The molecule has 0 amide bonds. The number of halogens is 1. The molecule has 0 spiro atoms. The van der Waals surface area contributed by atoms with E-state index in [4.69, 9.17) is 11.6 Å². The maximum atomic E-state index is 6.03. The van der Waals surface area contributed by atoms with Gasteiger partial charge in [0.2, 0.25) is 0 Å². The van der Waals surface area contributed by atoms with Crippen LogP contribution < -0.4 is 0 Å². The third-order valence-electron chi connectivity index (χ3n) is 3.36. The van der Waals surface area contributed by atoms with Gasteiger partial charge in [-0.2, -0.15) is 0 Å². The number of fused-ring (bicyclic) bond motifs is 1. The van der Waals surface area contributed by atoms with Gasteiger partial charge >= 0.3 is 0 Å². The third-order valence-corrected chi connectivity index (χ3v) is 3.72. The maximum Gasteiger partial charge on any atom is 0.160 e. The van der Waals surface area contributed by atoms with E-state index in [1.165, 1.54) is 5.56 Å². The second kappa shape index (κ2) is 4.65. The smallest absolute Gasteiger partial charge is 0.160 e. The Morgan fingerprint density at radius 3 is 2.53 bits per heavy atom. The Labute approximate surface area is 107 Å². The first-order valence-corrected chi connectivity index (χ1v) is 6.45. The second-order valence-electron chi connectivity index (χ2n) is 4.48. The van der Waals surface area contributed by atoms with Gasteiger partial charge in [0.05, 0.1) is 5.69 Å². The van der Waals surface area contributed by atoms with E-state index in [1.807, 2.05) is 18.5 Å². The van der Waals surface area contributed by atoms with Crippen LogP contribution in [0.25, 0.3) is 11.2 Å². The van der Waals surface area contributed by atoms with Crippen LogP contribution in [-0.4, -0.2) is 14.5 Å². The second-order valence-corrected chi connectivity index (χ2v) is 4.84. The highest BCUT2D eigenvalue weighted by atomic mass is 35.5. The molecule has 0 atom stereocenters. The van der Waals surface area contributed by atoms with E-state index in [1.54, 1.807) is 0 Å². The van der Waals surface area contributed by atoms with E-state index in [9.17, 15) is 0 Å². The summed E-state index contributed by atoms with van der Waals surface area (Å²) in [5, 5.41) is 0.495. The SMILES string of the molecule is CCC(CC)c1cn(C)c2nc(Cl)c(C)nc12. The van der Waals surface area contributed by atoms with Gasteiger partial charge in [-0.3, -0.25) is 0 Å². The predicted octanol–water partition coefficient (Wildman–Crippen LogP) is 3.83. The third kappa shape index (κ3) is 2.04. The van der Waals surface area contributed by atoms with Gasteiger partial charge in [0, 0.05) is 18.8 Å². The molecule has 2 rings (SSSR count). The zero-order chi connectivity index (χ0) is 12.6. The summed E-state index contributed by atoms with van der Waals surface area (Å²) in [4.78, 5) is 9.01. The fraction of sp³-hybridized carbons (Fsp3) is 0.538. The van der Waals surface area contributed by atoms with E-state index in [0.717, 1.165) is 29.7 Å². The van der Waals surface area contributed by atoms with E-state index in [2.05, 4.69) is 30.0 Å². The Balaban J connectivity index is 2.69. The number of nitrogens with zero attached hydrogens (tertiary/aromatic N) is 3. The molecule has 0 saturated heterocycles. The monoisotopic (exact) mass is 251 g/mol. The summed E-state index contributed by atoms with van der Waals surface area (Å²) in [6.45, 7) is 6.32. The largest absolute Gasteiger partial charge is 0.334 e. The van der Waals surface area contributed by atoms with Gasteiger partial charge < -0.3 is 4.57 Å². The van der Waals surface area contributed by atoms with Crippen LogP contribution in [0.15, 0.2) is 6.20 Å². The molecule has 2 aromatic heterocycles. The summed E-state index contributed by atoms with van der Waals surface area (Å²) in [5.74, 6) is 0.550. The van der Waals surface area contributed by atoms with Crippen molar-refractivity contribution in [2.45, 2.75) is 39.5 Å². The molecule has 0 bridgehead atoms. The van der Waals surface area contributed by atoms with Crippen molar-refractivity contribution < 1.29 is 0 Å². The number of hydrogen-bond acceptors (Lipinski definition) is 2. The van der Waals surface area contributed by atoms with Gasteiger partial charge in [-0.1, -0.05) is 25.4 Å².